The minimum absolute atomic E-state index is 0.134. The molecule has 6 heteroatoms. The number of hydrogen-bond acceptors (Lipinski definition) is 3. The molecular weight excluding hydrogens is 250 g/mol. The van der Waals surface area contributed by atoms with Crippen LogP contribution in [0.15, 0.2) is 24.3 Å². The second-order valence-corrected chi connectivity index (χ2v) is 6.40. The SMILES string of the molecule is CC(C)NS(=O)(=O)N(C)C(C)c1cccc(N)c1. The smallest absolute Gasteiger partial charge is 0.279 e. The van der Waals surface area contributed by atoms with Crippen LogP contribution in [-0.4, -0.2) is 25.8 Å². The molecular formula is C12H21N3O2S. The van der Waals surface area contributed by atoms with Crippen molar-refractivity contribution in [3.8, 4) is 0 Å². The molecule has 0 amide bonds. The van der Waals surface area contributed by atoms with Gasteiger partial charge in [0.05, 0.1) is 0 Å². The van der Waals surface area contributed by atoms with Gasteiger partial charge in [0.2, 0.25) is 0 Å². The van der Waals surface area contributed by atoms with E-state index in [4.69, 9.17) is 5.73 Å². The van der Waals surface area contributed by atoms with E-state index in [-0.39, 0.29) is 12.1 Å². The van der Waals surface area contributed by atoms with Crippen molar-refractivity contribution in [2.75, 3.05) is 12.8 Å². The highest BCUT2D eigenvalue weighted by Crippen LogP contribution is 2.22. The van der Waals surface area contributed by atoms with E-state index in [2.05, 4.69) is 4.72 Å². The van der Waals surface area contributed by atoms with E-state index < -0.39 is 10.2 Å². The Morgan fingerprint density at radius 1 is 1.28 bits per heavy atom. The fraction of sp³-hybridized carbons (Fsp3) is 0.500. The van der Waals surface area contributed by atoms with Gasteiger partial charge in [-0.05, 0) is 38.5 Å². The average molecular weight is 271 g/mol. The van der Waals surface area contributed by atoms with Crippen molar-refractivity contribution in [3.05, 3.63) is 29.8 Å². The number of nitrogens with two attached hydrogens (primary N) is 1. The summed E-state index contributed by atoms with van der Waals surface area (Å²) in [5.41, 5.74) is 7.20. The number of nitrogen functional groups attached to an aromatic ring is 1. The quantitative estimate of drug-likeness (QED) is 0.797. The molecule has 0 fully saturated rings. The van der Waals surface area contributed by atoms with E-state index in [9.17, 15) is 8.42 Å². The molecule has 0 heterocycles. The molecule has 0 saturated carbocycles. The lowest BCUT2D eigenvalue weighted by Crippen LogP contribution is -2.42. The number of hydrogen-bond donors (Lipinski definition) is 2. The van der Waals surface area contributed by atoms with Crippen LogP contribution in [0.4, 0.5) is 5.69 Å². The first kappa shape index (κ1) is 14.9. The molecule has 0 aliphatic heterocycles. The van der Waals surface area contributed by atoms with Gasteiger partial charge in [-0.2, -0.15) is 17.4 Å². The summed E-state index contributed by atoms with van der Waals surface area (Å²) in [6.45, 7) is 5.40. The number of rotatable bonds is 5. The zero-order valence-corrected chi connectivity index (χ0v) is 12.0. The Hall–Kier alpha value is -1.11. The zero-order chi connectivity index (χ0) is 13.9. The molecule has 1 atom stereocenters. The Kier molecular flexibility index (Phi) is 4.72. The van der Waals surface area contributed by atoms with Crippen molar-refractivity contribution in [2.45, 2.75) is 32.9 Å². The number of nitrogens with zero attached hydrogens (tertiary/aromatic N) is 1. The van der Waals surface area contributed by atoms with Crippen LogP contribution >= 0.6 is 0 Å². The van der Waals surface area contributed by atoms with Gasteiger partial charge in [-0.15, -0.1) is 0 Å². The summed E-state index contributed by atoms with van der Waals surface area (Å²) in [6, 6.07) is 6.83. The molecule has 0 aliphatic rings. The second kappa shape index (κ2) is 5.69. The largest absolute Gasteiger partial charge is 0.399 e. The van der Waals surface area contributed by atoms with Gasteiger partial charge in [-0.1, -0.05) is 12.1 Å². The number of anilines is 1. The molecule has 1 unspecified atom stereocenters. The molecule has 0 aliphatic carbocycles. The summed E-state index contributed by atoms with van der Waals surface area (Å²) in [4.78, 5) is 0. The molecule has 1 rings (SSSR count). The Balaban J connectivity index is 2.94. The van der Waals surface area contributed by atoms with Crippen LogP contribution in [0.5, 0.6) is 0 Å². The number of nitrogens with one attached hydrogen (secondary N) is 1. The van der Waals surface area contributed by atoms with Crippen LogP contribution in [0.3, 0.4) is 0 Å². The van der Waals surface area contributed by atoms with Gasteiger partial charge in [-0.25, -0.2) is 0 Å². The van der Waals surface area contributed by atoms with Gasteiger partial charge in [0.25, 0.3) is 10.2 Å². The average Bonchev–Trinajstić information content (AvgIpc) is 2.25. The van der Waals surface area contributed by atoms with Gasteiger partial charge in [0.1, 0.15) is 0 Å². The summed E-state index contributed by atoms with van der Waals surface area (Å²) in [6.07, 6.45) is 0. The normalized spacial score (nSPS) is 14.1. The van der Waals surface area contributed by atoms with Gasteiger partial charge < -0.3 is 5.73 Å². The number of benzene rings is 1. The highest BCUT2D eigenvalue weighted by molar-refractivity contribution is 7.87. The summed E-state index contributed by atoms with van der Waals surface area (Å²) in [5.74, 6) is 0. The topological polar surface area (TPSA) is 75.4 Å². The maximum atomic E-state index is 12.0. The lowest BCUT2D eigenvalue weighted by Gasteiger charge is -2.26. The first-order valence-corrected chi connectivity index (χ1v) is 7.28. The van der Waals surface area contributed by atoms with Crippen molar-refractivity contribution in [1.29, 1.82) is 0 Å². The third-order valence-corrected chi connectivity index (χ3v) is 4.55. The van der Waals surface area contributed by atoms with Gasteiger partial charge in [-0.3, -0.25) is 0 Å². The third-order valence-electron chi connectivity index (χ3n) is 2.70. The van der Waals surface area contributed by atoms with E-state index in [1.165, 1.54) is 4.31 Å². The van der Waals surface area contributed by atoms with Crippen molar-refractivity contribution in [3.63, 3.8) is 0 Å². The zero-order valence-electron chi connectivity index (χ0n) is 11.2. The van der Waals surface area contributed by atoms with E-state index in [0.29, 0.717) is 5.69 Å². The van der Waals surface area contributed by atoms with Crippen LogP contribution < -0.4 is 10.5 Å². The maximum Gasteiger partial charge on any atom is 0.279 e. The minimum Gasteiger partial charge on any atom is -0.399 e. The first-order valence-electron chi connectivity index (χ1n) is 5.84. The third kappa shape index (κ3) is 3.69. The Labute approximate surface area is 109 Å². The fourth-order valence-electron chi connectivity index (χ4n) is 1.62. The molecule has 1 aromatic carbocycles. The summed E-state index contributed by atoms with van der Waals surface area (Å²) < 4.78 is 27.9. The van der Waals surface area contributed by atoms with E-state index >= 15 is 0 Å². The van der Waals surface area contributed by atoms with E-state index in [1.807, 2.05) is 19.1 Å². The molecule has 0 radical (unpaired) electrons. The Bertz CT molecular complexity index is 500. The van der Waals surface area contributed by atoms with Gasteiger partial charge >= 0.3 is 0 Å². The molecule has 102 valence electrons. The lowest BCUT2D eigenvalue weighted by atomic mass is 10.1. The van der Waals surface area contributed by atoms with Crippen LogP contribution in [0.25, 0.3) is 0 Å². The van der Waals surface area contributed by atoms with Crippen LogP contribution in [-0.2, 0) is 10.2 Å². The van der Waals surface area contributed by atoms with Crippen LogP contribution in [0.1, 0.15) is 32.4 Å². The van der Waals surface area contributed by atoms with Crippen LogP contribution in [0.2, 0.25) is 0 Å². The minimum atomic E-state index is -3.48. The van der Waals surface area contributed by atoms with Crippen molar-refractivity contribution >= 4 is 15.9 Å². The fourth-order valence-corrected chi connectivity index (χ4v) is 2.92. The molecule has 0 bridgehead atoms. The molecule has 1 aromatic rings. The summed E-state index contributed by atoms with van der Waals surface area (Å²) in [5, 5.41) is 0. The molecule has 0 spiro atoms. The van der Waals surface area contributed by atoms with Gasteiger partial charge in [0.15, 0.2) is 0 Å². The standard InChI is InChI=1S/C12H21N3O2S/c1-9(2)14-18(16,17)15(4)10(3)11-6-5-7-12(13)8-11/h5-10,14H,13H2,1-4H3. The predicted octanol–water partition coefficient (Wildman–Crippen LogP) is 1.50. The predicted molar refractivity (Wildman–Crippen MR) is 74.2 cm³/mol. The molecule has 0 saturated heterocycles. The van der Waals surface area contributed by atoms with Crippen LogP contribution in [0, 0.1) is 0 Å². The molecule has 3 N–H and O–H groups in total. The Morgan fingerprint density at radius 2 is 1.89 bits per heavy atom. The lowest BCUT2D eigenvalue weighted by molar-refractivity contribution is 0.387. The monoisotopic (exact) mass is 271 g/mol. The highest BCUT2D eigenvalue weighted by Gasteiger charge is 2.24. The van der Waals surface area contributed by atoms with E-state index in [0.717, 1.165) is 5.56 Å². The van der Waals surface area contributed by atoms with Crippen molar-refractivity contribution in [1.82, 2.24) is 9.03 Å². The van der Waals surface area contributed by atoms with Crippen molar-refractivity contribution < 1.29 is 8.42 Å². The summed E-state index contributed by atoms with van der Waals surface area (Å²) in [7, 11) is -1.92. The summed E-state index contributed by atoms with van der Waals surface area (Å²) >= 11 is 0. The van der Waals surface area contributed by atoms with Gasteiger partial charge in [0, 0.05) is 24.8 Å². The molecule has 0 aromatic heterocycles. The highest BCUT2D eigenvalue weighted by atomic mass is 32.2. The molecule has 5 nitrogen and oxygen atoms in total. The maximum absolute atomic E-state index is 12.0. The first-order chi connectivity index (χ1) is 8.24. The van der Waals surface area contributed by atoms with E-state index in [1.54, 1.807) is 33.0 Å². The molecule has 18 heavy (non-hydrogen) atoms. The second-order valence-electron chi connectivity index (χ2n) is 4.64. The Morgan fingerprint density at radius 3 is 2.39 bits per heavy atom. The van der Waals surface area contributed by atoms with Crippen molar-refractivity contribution in [2.24, 2.45) is 0 Å².